The molecule has 0 amide bonds. The maximum absolute atomic E-state index is 13.9. The second-order valence-electron chi connectivity index (χ2n) is 8.59. The molecule has 0 saturated heterocycles. The Balaban J connectivity index is 2.30. The number of hydrogen-bond acceptors (Lipinski definition) is 9. The summed E-state index contributed by atoms with van der Waals surface area (Å²) in [7, 11) is 5.73. The fourth-order valence-corrected chi connectivity index (χ4v) is 4.89. The molecule has 1 N–H and O–H groups in total. The number of ketones is 1. The molecule has 0 unspecified atom stereocenters. The van der Waals surface area contributed by atoms with Gasteiger partial charge in [0, 0.05) is 22.5 Å². The summed E-state index contributed by atoms with van der Waals surface area (Å²) >= 11 is 0. The summed E-state index contributed by atoms with van der Waals surface area (Å²) in [5, 5.41) is 3.24. The number of carbonyl (C=O) groups excluding carboxylic acids is 3. The van der Waals surface area contributed by atoms with Crippen LogP contribution in [0, 0.1) is 11.8 Å². The number of dihydropyridines is 1. The number of esters is 2. The Bertz CT molecular complexity index is 1090. The molecule has 1 heterocycles. The lowest BCUT2D eigenvalue weighted by atomic mass is 9.69. The van der Waals surface area contributed by atoms with Gasteiger partial charge in [-0.2, -0.15) is 0 Å². The van der Waals surface area contributed by atoms with Crippen LogP contribution in [0.3, 0.4) is 0 Å². The van der Waals surface area contributed by atoms with E-state index in [4.69, 9.17) is 23.7 Å². The van der Waals surface area contributed by atoms with Crippen molar-refractivity contribution in [2.24, 2.45) is 11.8 Å². The Morgan fingerprint density at radius 1 is 1.06 bits per heavy atom. The summed E-state index contributed by atoms with van der Waals surface area (Å²) < 4.78 is 27.1. The van der Waals surface area contributed by atoms with E-state index in [0.717, 1.165) is 0 Å². The molecule has 3 atom stereocenters. The first kappa shape index (κ1) is 26.1. The molecule has 3 rings (SSSR count). The number of ether oxygens (including phenoxy) is 5. The van der Waals surface area contributed by atoms with Gasteiger partial charge in [0.1, 0.15) is 5.92 Å². The first-order valence-corrected chi connectivity index (χ1v) is 11.5. The Morgan fingerprint density at radius 2 is 1.74 bits per heavy atom. The normalized spacial score (nSPS) is 21.7. The quantitative estimate of drug-likeness (QED) is 0.436. The van der Waals surface area contributed by atoms with Crippen molar-refractivity contribution in [3.8, 4) is 17.2 Å². The van der Waals surface area contributed by atoms with Gasteiger partial charge in [-0.25, -0.2) is 4.79 Å². The van der Waals surface area contributed by atoms with Crippen LogP contribution < -0.4 is 19.5 Å². The van der Waals surface area contributed by atoms with Crippen LogP contribution in [0.25, 0.3) is 0 Å². The Kier molecular flexibility index (Phi) is 8.09. The van der Waals surface area contributed by atoms with Crippen molar-refractivity contribution in [3.05, 3.63) is 40.2 Å². The van der Waals surface area contributed by atoms with Crippen molar-refractivity contribution in [2.45, 2.75) is 39.5 Å². The zero-order valence-electron chi connectivity index (χ0n) is 21.3. The van der Waals surface area contributed by atoms with E-state index in [1.807, 2.05) is 13.8 Å². The molecular formula is C26H33NO8. The molecule has 9 nitrogen and oxygen atoms in total. The molecule has 9 heteroatoms. The van der Waals surface area contributed by atoms with Crippen LogP contribution in [-0.2, 0) is 23.9 Å². The highest BCUT2D eigenvalue weighted by Crippen LogP contribution is 2.51. The third-order valence-corrected chi connectivity index (χ3v) is 6.45. The second kappa shape index (κ2) is 10.8. The molecule has 1 aromatic rings. The molecule has 0 aromatic heterocycles. The van der Waals surface area contributed by atoms with Crippen molar-refractivity contribution in [1.82, 2.24) is 5.32 Å². The number of rotatable bonds is 8. The summed E-state index contributed by atoms with van der Waals surface area (Å²) in [6.07, 6.45) is 1.08. The fourth-order valence-electron chi connectivity index (χ4n) is 4.89. The lowest BCUT2D eigenvalue weighted by molar-refractivity contribution is -0.151. The van der Waals surface area contributed by atoms with Crippen LogP contribution in [0.5, 0.6) is 17.2 Å². The van der Waals surface area contributed by atoms with Crippen LogP contribution in [0.4, 0.5) is 0 Å². The van der Waals surface area contributed by atoms with E-state index in [0.29, 0.717) is 52.6 Å². The number of carbonyl (C=O) groups is 3. The number of Topliss-reactive ketones (excluding diaryl/α,β-unsaturated/α-hetero) is 1. The monoisotopic (exact) mass is 487 g/mol. The summed E-state index contributed by atoms with van der Waals surface area (Å²) in [5.41, 5.74) is 2.35. The molecule has 0 radical (unpaired) electrons. The summed E-state index contributed by atoms with van der Waals surface area (Å²) in [6.45, 7) is 5.73. The zero-order valence-corrected chi connectivity index (χ0v) is 21.3. The van der Waals surface area contributed by atoms with Crippen LogP contribution in [0.2, 0.25) is 0 Å². The minimum atomic E-state index is -0.986. The maximum Gasteiger partial charge on any atom is 0.336 e. The van der Waals surface area contributed by atoms with Crippen LogP contribution >= 0.6 is 0 Å². The van der Waals surface area contributed by atoms with Gasteiger partial charge in [0.2, 0.25) is 5.75 Å². The van der Waals surface area contributed by atoms with E-state index in [1.54, 1.807) is 19.1 Å². The number of hydrogen-bond donors (Lipinski definition) is 1. The molecule has 0 spiro atoms. The largest absolute Gasteiger partial charge is 0.493 e. The van der Waals surface area contributed by atoms with Crippen molar-refractivity contribution in [1.29, 1.82) is 0 Å². The molecule has 1 aliphatic heterocycles. The highest BCUT2D eigenvalue weighted by molar-refractivity contribution is 6.12. The molecular weight excluding hydrogens is 454 g/mol. The Morgan fingerprint density at radius 3 is 2.31 bits per heavy atom. The predicted octanol–water partition coefficient (Wildman–Crippen LogP) is 3.28. The summed E-state index contributed by atoms with van der Waals surface area (Å²) in [5.74, 6) is -2.59. The van der Waals surface area contributed by atoms with Crippen molar-refractivity contribution in [3.63, 3.8) is 0 Å². The van der Waals surface area contributed by atoms with Gasteiger partial charge in [0.25, 0.3) is 0 Å². The summed E-state index contributed by atoms with van der Waals surface area (Å²) in [4.78, 5) is 39.7. The highest BCUT2D eigenvalue weighted by atomic mass is 16.5. The molecule has 0 fully saturated rings. The third-order valence-electron chi connectivity index (χ3n) is 6.45. The minimum absolute atomic E-state index is 0.229. The summed E-state index contributed by atoms with van der Waals surface area (Å²) in [6, 6.07) is 3.43. The average Bonchev–Trinajstić information content (AvgIpc) is 2.84. The Labute approximate surface area is 205 Å². The van der Waals surface area contributed by atoms with E-state index >= 15 is 0 Å². The molecule has 0 bridgehead atoms. The lowest BCUT2D eigenvalue weighted by Gasteiger charge is -2.38. The smallest absolute Gasteiger partial charge is 0.336 e. The second-order valence-corrected chi connectivity index (χ2v) is 8.59. The van der Waals surface area contributed by atoms with Crippen LogP contribution in [0.1, 0.15) is 45.1 Å². The van der Waals surface area contributed by atoms with Gasteiger partial charge in [0.15, 0.2) is 17.3 Å². The highest BCUT2D eigenvalue weighted by Gasteiger charge is 2.48. The maximum atomic E-state index is 13.9. The van der Waals surface area contributed by atoms with E-state index in [9.17, 15) is 14.4 Å². The fraction of sp³-hybridized carbons (Fsp3) is 0.500. The minimum Gasteiger partial charge on any atom is -0.493 e. The van der Waals surface area contributed by atoms with Crippen LogP contribution in [-0.4, -0.2) is 52.8 Å². The number of methoxy groups -OCH3 is 4. The lowest BCUT2D eigenvalue weighted by Crippen LogP contribution is -2.43. The van der Waals surface area contributed by atoms with E-state index < -0.39 is 29.6 Å². The van der Waals surface area contributed by atoms with Gasteiger partial charge >= 0.3 is 11.9 Å². The first-order valence-electron chi connectivity index (χ1n) is 11.5. The topological polar surface area (TPSA) is 109 Å². The van der Waals surface area contributed by atoms with Gasteiger partial charge in [0.05, 0.1) is 46.5 Å². The third kappa shape index (κ3) is 4.59. The van der Waals surface area contributed by atoms with Crippen molar-refractivity contribution in [2.75, 3.05) is 35.0 Å². The molecule has 1 aliphatic carbocycles. The number of nitrogens with one attached hydrogen (secondary N) is 1. The Hall–Kier alpha value is -3.49. The molecule has 2 aliphatic rings. The van der Waals surface area contributed by atoms with E-state index in [2.05, 4.69) is 5.32 Å². The van der Waals surface area contributed by atoms with Crippen LogP contribution in [0.15, 0.2) is 34.7 Å². The van der Waals surface area contributed by atoms with Gasteiger partial charge in [-0.15, -0.1) is 0 Å². The molecule has 35 heavy (non-hydrogen) atoms. The molecule has 1 aromatic carbocycles. The van der Waals surface area contributed by atoms with Gasteiger partial charge < -0.3 is 29.0 Å². The van der Waals surface area contributed by atoms with Crippen molar-refractivity contribution < 1.29 is 38.1 Å². The van der Waals surface area contributed by atoms with E-state index in [1.165, 1.54) is 28.4 Å². The van der Waals surface area contributed by atoms with Gasteiger partial charge in [-0.3, -0.25) is 9.59 Å². The van der Waals surface area contributed by atoms with Gasteiger partial charge in [-0.1, -0.05) is 19.9 Å². The van der Waals surface area contributed by atoms with Crippen molar-refractivity contribution >= 4 is 17.7 Å². The standard InChI is InChI=1S/C26H33NO8/c1-8-11-35-26(30)19-14(3)27-16-12-13(2)18(25(29)34-7)22(28)21(16)20(19)15-9-10-17(31-4)24(33-6)23(15)32-5/h9-10,13,18,20,27H,8,11-12H2,1-7H3/t13-,18+,20+/m1/s1. The molecule has 190 valence electrons. The molecule has 0 saturated carbocycles. The zero-order chi connectivity index (χ0) is 25.9. The number of benzene rings is 1. The number of allylic oxidation sites excluding steroid dienone is 3. The van der Waals surface area contributed by atoms with Gasteiger partial charge in [-0.05, 0) is 31.7 Å². The van der Waals surface area contributed by atoms with E-state index in [-0.39, 0.29) is 18.1 Å². The average molecular weight is 488 g/mol. The predicted molar refractivity (Wildman–Crippen MR) is 127 cm³/mol. The SMILES string of the molecule is CCCOC(=O)C1=C(C)NC2=C(C(=O)[C@@H](C(=O)OC)[C@H](C)C2)[C@H]1c1ccc(OC)c(OC)c1OC. The first-order chi connectivity index (χ1) is 16.7.